The molecule has 0 saturated carbocycles. The summed E-state index contributed by atoms with van der Waals surface area (Å²) < 4.78 is 6.74. The number of fused-ring (bicyclic) bond motifs is 1. The molecule has 9 heteroatoms. The molecule has 0 aliphatic carbocycles. The lowest BCUT2D eigenvalue weighted by Crippen LogP contribution is -2.12. The number of hydrogen-bond acceptors (Lipinski definition) is 6. The second kappa shape index (κ2) is 6.37. The topological polar surface area (TPSA) is 116 Å². The third-order valence-electron chi connectivity index (χ3n) is 4.01. The number of hydrogen-bond donors (Lipinski definition) is 1. The maximum Gasteiger partial charge on any atom is 0.433 e. The number of nitrogens with zero attached hydrogens (tertiary/aromatic N) is 4. The van der Waals surface area contributed by atoms with E-state index in [1.54, 1.807) is 16.7 Å². The van der Waals surface area contributed by atoms with Gasteiger partial charge in [0.1, 0.15) is 4.92 Å². The van der Waals surface area contributed by atoms with Gasteiger partial charge in [-0.3, -0.25) is 19.3 Å². The zero-order valence-electron chi connectivity index (χ0n) is 14.1. The van der Waals surface area contributed by atoms with Gasteiger partial charge in [-0.15, -0.1) is 0 Å². The highest BCUT2D eigenvalue weighted by atomic mass is 16.6. The van der Waals surface area contributed by atoms with Gasteiger partial charge in [0.05, 0.1) is 11.8 Å². The second-order valence-corrected chi connectivity index (χ2v) is 5.83. The van der Waals surface area contributed by atoms with Crippen molar-refractivity contribution in [1.29, 1.82) is 0 Å². The number of furan rings is 1. The first-order valence-electron chi connectivity index (χ1n) is 7.97. The van der Waals surface area contributed by atoms with E-state index in [1.807, 2.05) is 37.5 Å². The molecule has 0 unspecified atom stereocenters. The number of amides is 1. The first-order chi connectivity index (χ1) is 13.0. The lowest BCUT2D eigenvalue weighted by atomic mass is 10.1. The van der Waals surface area contributed by atoms with Crippen molar-refractivity contribution in [1.82, 2.24) is 14.4 Å². The molecule has 4 aromatic rings. The first-order valence-corrected chi connectivity index (χ1v) is 7.97. The number of carbonyl (C=O) groups is 1. The zero-order valence-corrected chi connectivity index (χ0v) is 14.1. The summed E-state index contributed by atoms with van der Waals surface area (Å²) in [6, 6.07) is 9.74. The molecule has 0 atom stereocenters. The number of imidazole rings is 1. The Balaban J connectivity index is 1.63. The van der Waals surface area contributed by atoms with E-state index >= 15 is 0 Å². The monoisotopic (exact) mass is 363 g/mol. The first kappa shape index (κ1) is 16.5. The van der Waals surface area contributed by atoms with E-state index in [0.717, 1.165) is 17.2 Å². The minimum atomic E-state index is -0.694. The highest BCUT2D eigenvalue weighted by molar-refractivity contribution is 6.03. The van der Waals surface area contributed by atoms with Crippen molar-refractivity contribution in [2.24, 2.45) is 0 Å². The van der Waals surface area contributed by atoms with Crippen LogP contribution < -0.4 is 5.32 Å². The molecule has 27 heavy (non-hydrogen) atoms. The van der Waals surface area contributed by atoms with Gasteiger partial charge in [0.2, 0.25) is 5.78 Å². The molecule has 0 spiro atoms. The number of nitro groups is 1. The van der Waals surface area contributed by atoms with E-state index in [0.29, 0.717) is 17.2 Å². The summed E-state index contributed by atoms with van der Waals surface area (Å²) in [6.45, 7) is 1.84. The minimum Gasteiger partial charge on any atom is -0.395 e. The molecule has 0 aliphatic heterocycles. The number of aryl methyl sites for hydroxylation is 1. The third-order valence-corrected chi connectivity index (χ3v) is 4.01. The van der Waals surface area contributed by atoms with Crippen LogP contribution in [-0.4, -0.2) is 25.2 Å². The fourth-order valence-corrected chi connectivity index (χ4v) is 2.62. The third kappa shape index (κ3) is 3.13. The van der Waals surface area contributed by atoms with Crippen LogP contribution in [0.4, 0.5) is 11.6 Å². The molecule has 1 N–H and O–H groups in total. The maximum absolute atomic E-state index is 12.3. The Labute approximate surface area is 152 Å². The molecule has 4 rings (SSSR count). The predicted octanol–water partition coefficient (Wildman–Crippen LogP) is 3.46. The standard InChI is InChI=1S/C18H13N5O4/c1-11-3-4-12(14-10-22-8-2-7-19-18(22)21-14)9-13(11)20-17(24)15-5-6-16(27-15)23(25)26/h2-10H,1H3,(H,20,24). The molecule has 0 fully saturated rings. The second-order valence-electron chi connectivity index (χ2n) is 5.83. The van der Waals surface area contributed by atoms with E-state index in [-0.39, 0.29) is 5.76 Å². The van der Waals surface area contributed by atoms with Gasteiger partial charge in [-0.25, -0.2) is 9.97 Å². The van der Waals surface area contributed by atoms with Crippen LogP contribution in [0.15, 0.2) is 59.4 Å². The van der Waals surface area contributed by atoms with Crippen molar-refractivity contribution < 1.29 is 14.1 Å². The van der Waals surface area contributed by atoms with Crippen molar-refractivity contribution in [3.8, 4) is 11.3 Å². The Kier molecular flexibility index (Phi) is 3.88. The molecule has 134 valence electrons. The predicted molar refractivity (Wildman–Crippen MR) is 96.5 cm³/mol. The van der Waals surface area contributed by atoms with Crippen molar-refractivity contribution in [3.63, 3.8) is 0 Å². The Morgan fingerprint density at radius 1 is 1.30 bits per heavy atom. The summed E-state index contributed by atoms with van der Waals surface area (Å²) in [5.74, 6) is -0.618. The molecule has 3 aromatic heterocycles. The van der Waals surface area contributed by atoms with Gasteiger partial charge in [-0.1, -0.05) is 12.1 Å². The molecule has 3 heterocycles. The molecular weight excluding hydrogens is 350 g/mol. The van der Waals surface area contributed by atoms with E-state index in [2.05, 4.69) is 15.3 Å². The molecule has 0 aliphatic rings. The van der Waals surface area contributed by atoms with Gasteiger partial charge in [0.15, 0.2) is 5.76 Å². The molecular formula is C18H13N5O4. The van der Waals surface area contributed by atoms with Crippen LogP contribution in [0.25, 0.3) is 17.0 Å². The SMILES string of the molecule is Cc1ccc(-c2cn3cccnc3n2)cc1NC(=O)c1ccc([N+](=O)[O-])o1. The highest BCUT2D eigenvalue weighted by Crippen LogP contribution is 2.26. The summed E-state index contributed by atoms with van der Waals surface area (Å²) in [5, 5.41) is 13.4. The Morgan fingerprint density at radius 2 is 2.15 bits per heavy atom. The van der Waals surface area contributed by atoms with E-state index < -0.39 is 16.7 Å². The van der Waals surface area contributed by atoms with Crippen LogP contribution >= 0.6 is 0 Å². The van der Waals surface area contributed by atoms with Crippen molar-refractivity contribution >= 4 is 23.3 Å². The molecule has 1 aromatic carbocycles. The average Bonchev–Trinajstić information content (AvgIpc) is 3.30. The summed E-state index contributed by atoms with van der Waals surface area (Å²) >= 11 is 0. The Bertz CT molecular complexity index is 1140. The lowest BCUT2D eigenvalue weighted by Gasteiger charge is -2.08. The quantitative estimate of drug-likeness (QED) is 0.438. The van der Waals surface area contributed by atoms with Crippen LogP contribution in [0.5, 0.6) is 0 Å². The normalized spacial score (nSPS) is 10.9. The highest BCUT2D eigenvalue weighted by Gasteiger charge is 2.18. The van der Waals surface area contributed by atoms with Gasteiger partial charge >= 0.3 is 5.88 Å². The molecule has 0 radical (unpaired) electrons. The maximum atomic E-state index is 12.3. The fourth-order valence-electron chi connectivity index (χ4n) is 2.62. The number of anilines is 1. The molecule has 0 bridgehead atoms. The number of aromatic nitrogens is 3. The van der Waals surface area contributed by atoms with Crippen molar-refractivity contribution in [2.45, 2.75) is 6.92 Å². The summed E-state index contributed by atoms with van der Waals surface area (Å²) in [7, 11) is 0. The van der Waals surface area contributed by atoms with Gasteiger partial charge in [0.25, 0.3) is 5.91 Å². The number of nitrogens with one attached hydrogen (secondary N) is 1. The van der Waals surface area contributed by atoms with E-state index in [1.165, 1.54) is 6.07 Å². The van der Waals surface area contributed by atoms with E-state index in [4.69, 9.17) is 4.42 Å². The van der Waals surface area contributed by atoms with Crippen LogP contribution in [0.3, 0.4) is 0 Å². The molecule has 9 nitrogen and oxygen atoms in total. The van der Waals surface area contributed by atoms with Crippen LogP contribution in [0.2, 0.25) is 0 Å². The van der Waals surface area contributed by atoms with Crippen LogP contribution in [-0.2, 0) is 0 Å². The smallest absolute Gasteiger partial charge is 0.395 e. The summed E-state index contributed by atoms with van der Waals surface area (Å²) in [4.78, 5) is 31.0. The van der Waals surface area contributed by atoms with E-state index in [9.17, 15) is 14.9 Å². The Hall–Kier alpha value is -4.01. The number of rotatable bonds is 4. The fraction of sp³-hybridized carbons (Fsp3) is 0.0556. The van der Waals surface area contributed by atoms with Gasteiger partial charge in [-0.05, 0) is 30.7 Å². The molecule has 1 amide bonds. The summed E-state index contributed by atoms with van der Waals surface area (Å²) in [5.41, 5.74) is 2.89. The van der Waals surface area contributed by atoms with Crippen molar-refractivity contribution in [3.05, 3.63) is 76.4 Å². The van der Waals surface area contributed by atoms with Crippen LogP contribution in [0, 0.1) is 17.0 Å². The Morgan fingerprint density at radius 3 is 2.89 bits per heavy atom. The average molecular weight is 363 g/mol. The number of carbonyl (C=O) groups excluding carboxylic acids is 1. The zero-order chi connectivity index (χ0) is 19.0. The minimum absolute atomic E-state index is 0.136. The van der Waals surface area contributed by atoms with Gasteiger partial charge in [-0.2, -0.15) is 0 Å². The largest absolute Gasteiger partial charge is 0.433 e. The lowest BCUT2D eigenvalue weighted by molar-refractivity contribution is -0.402. The summed E-state index contributed by atoms with van der Waals surface area (Å²) in [6.07, 6.45) is 5.35. The van der Waals surface area contributed by atoms with Gasteiger partial charge < -0.3 is 9.73 Å². The van der Waals surface area contributed by atoms with Crippen LogP contribution in [0.1, 0.15) is 16.1 Å². The number of benzene rings is 1. The van der Waals surface area contributed by atoms with Crippen molar-refractivity contribution in [2.75, 3.05) is 5.32 Å². The van der Waals surface area contributed by atoms with Gasteiger partial charge in [0, 0.05) is 29.8 Å². The molecule has 0 saturated heterocycles.